The zero-order valence-electron chi connectivity index (χ0n) is 12.7. The molecule has 0 saturated heterocycles. The molecule has 4 rings (SSSR count). The van der Waals surface area contributed by atoms with Gasteiger partial charge in [-0.15, -0.1) is 0 Å². The van der Waals surface area contributed by atoms with E-state index in [-0.39, 0.29) is 38.0 Å². The summed E-state index contributed by atoms with van der Waals surface area (Å²) in [6.07, 6.45) is 0.0149. The average molecular weight is 326 g/mol. The van der Waals surface area contributed by atoms with E-state index >= 15 is 0 Å². The Morgan fingerprint density at radius 1 is 0.792 bits per heavy atom. The third-order valence-corrected chi connectivity index (χ3v) is 3.89. The number of carbonyl (C=O) groups excluding carboxylic acids is 2. The minimum atomic E-state index is -0.237. The summed E-state index contributed by atoms with van der Waals surface area (Å²) in [4.78, 5) is 24.5. The minimum Gasteiger partial charge on any atom is -0.454 e. The van der Waals surface area contributed by atoms with Crippen molar-refractivity contribution in [2.45, 2.75) is 12.8 Å². The Balaban J connectivity index is 1.41. The summed E-state index contributed by atoms with van der Waals surface area (Å²) in [5, 5.41) is 0. The lowest BCUT2D eigenvalue weighted by atomic mass is 10.0. The highest BCUT2D eigenvalue weighted by Gasteiger charge is 2.19. The number of hydrogen-bond acceptors (Lipinski definition) is 6. The molecule has 6 nitrogen and oxygen atoms in total. The van der Waals surface area contributed by atoms with Crippen molar-refractivity contribution in [3.63, 3.8) is 0 Å². The first-order valence-corrected chi connectivity index (χ1v) is 7.52. The average Bonchev–Trinajstić information content (AvgIpc) is 3.22. The molecule has 0 N–H and O–H groups in total. The standard InChI is InChI=1S/C18H14O6/c19-13(5-11-1-3-15-17(6-11)23-9-21-15)8-14(20)12-2-4-16-18(7-12)24-10-22-16/h1-4,6-7H,5,8-10H2. The van der Waals surface area contributed by atoms with Gasteiger partial charge in [-0.05, 0) is 35.9 Å². The van der Waals surface area contributed by atoms with Gasteiger partial charge in [0.05, 0.1) is 6.42 Å². The number of ketones is 2. The van der Waals surface area contributed by atoms with Crippen LogP contribution in [0.4, 0.5) is 0 Å². The summed E-state index contributed by atoms with van der Waals surface area (Å²) in [6, 6.07) is 10.3. The fourth-order valence-corrected chi connectivity index (χ4v) is 2.69. The fraction of sp³-hybridized carbons (Fsp3) is 0.222. The van der Waals surface area contributed by atoms with Gasteiger partial charge in [-0.1, -0.05) is 6.07 Å². The highest BCUT2D eigenvalue weighted by atomic mass is 16.7. The van der Waals surface area contributed by atoms with Gasteiger partial charge in [0.25, 0.3) is 0 Å². The summed E-state index contributed by atoms with van der Waals surface area (Å²) in [7, 11) is 0. The maximum Gasteiger partial charge on any atom is 0.231 e. The highest BCUT2D eigenvalue weighted by Crippen LogP contribution is 2.34. The van der Waals surface area contributed by atoms with Crippen LogP contribution in [0.5, 0.6) is 23.0 Å². The van der Waals surface area contributed by atoms with Gasteiger partial charge in [-0.2, -0.15) is 0 Å². The van der Waals surface area contributed by atoms with Crippen LogP contribution in [0.1, 0.15) is 22.3 Å². The van der Waals surface area contributed by atoms with Gasteiger partial charge in [0.15, 0.2) is 28.8 Å². The Morgan fingerprint density at radius 2 is 1.42 bits per heavy atom. The highest BCUT2D eigenvalue weighted by molar-refractivity contribution is 6.08. The maximum atomic E-state index is 12.3. The molecule has 2 heterocycles. The smallest absolute Gasteiger partial charge is 0.231 e. The molecule has 0 unspecified atom stereocenters. The topological polar surface area (TPSA) is 71.1 Å². The molecule has 2 aliphatic heterocycles. The number of hydrogen-bond donors (Lipinski definition) is 0. The first-order valence-electron chi connectivity index (χ1n) is 7.52. The Labute approximate surface area is 137 Å². The van der Waals surface area contributed by atoms with Gasteiger partial charge in [0, 0.05) is 12.0 Å². The van der Waals surface area contributed by atoms with E-state index in [1.54, 1.807) is 36.4 Å². The van der Waals surface area contributed by atoms with Gasteiger partial charge >= 0.3 is 0 Å². The van der Waals surface area contributed by atoms with Crippen molar-refractivity contribution in [2.24, 2.45) is 0 Å². The van der Waals surface area contributed by atoms with Crippen LogP contribution in [-0.4, -0.2) is 25.2 Å². The molecule has 0 fully saturated rings. The molecular weight excluding hydrogens is 312 g/mol. The second kappa shape index (κ2) is 5.88. The van der Waals surface area contributed by atoms with Crippen LogP contribution >= 0.6 is 0 Å². The Bertz CT molecular complexity index is 826. The van der Waals surface area contributed by atoms with Crippen molar-refractivity contribution >= 4 is 11.6 Å². The van der Waals surface area contributed by atoms with Crippen molar-refractivity contribution in [3.8, 4) is 23.0 Å². The molecule has 24 heavy (non-hydrogen) atoms. The van der Waals surface area contributed by atoms with Crippen LogP contribution in [0.15, 0.2) is 36.4 Å². The molecule has 122 valence electrons. The number of rotatable bonds is 5. The molecule has 2 aromatic carbocycles. The summed E-state index contributed by atoms with van der Waals surface area (Å²) < 4.78 is 21.0. The van der Waals surface area contributed by atoms with Gasteiger partial charge in [-0.3, -0.25) is 9.59 Å². The Hall–Kier alpha value is -3.02. The van der Waals surface area contributed by atoms with Gasteiger partial charge in [0.1, 0.15) is 5.78 Å². The second-order valence-corrected chi connectivity index (χ2v) is 5.57. The number of ether oxygens (including phenoxy) is 4. The Morgan fingerprint density at radius 3 is 2.17 bits per heavy atom. The molecular formula is C18H14O6. The van der Waals surface area contributed by atoms with E-state index in [1.807, 2.05) is 0 Å². The lowest BCUT2D eigenvalue weighted by Crippen LogP contribution is -2.10. The number of Topliss-reactive ketones (excluding diaryl/α,β-unsaturated/α-hetero) is 2. The molecule has 2 aliphatic rings. The predicted molar refractivity (Wildman–Crippen MR) is 82.8 cm³/mol. The van der Waals surface area contributed by atoms with E-state index in [0.29, 0.717) is 28.6 Å². The monoisotopic (exact) mass is 326 g/mol. The molecule has 2 aromatic rings. The first kappa shape index (κ1) is 14.6. The quantitative estimate of drug-likeness (QED) is 0.621. The van der Waals surface area contributed by atoms with Crippen LogP contribution < -0.4 is 18.9 Å². The van der Waals surface area contributed by atoms with E-state index in [1.165, 1.54) is 0 Å². The lowest BCUT2D eigenvalue weighted by Gasteiger charge is -2.04. The third kappa shape index (κ3) is 2.78. The van der Waals surface area contributed by atoms with Gasteiger partial charge in [0.2, 0.25) is 13.6 Å². The molecule has 0 atom stereocenters. The van der Waals surface area contributed by atoms with Crippen LogP contribution in [-0.2, 0) is 11.2 Å². The van der Waals surface area contributed by atoms with Crippen molar-refractivity contribution < 1.29 is 28.5 Å². The minimum absolute atomic E-state index is 0.149. The molecule has 0 spiro atoms. The molecule has 0 aromatic heterocycles. The van der Waals surface area contributed by atoms with E-state index in [9.17, 15) is 9.59 Å². The molecule has 0 radical (unpaired) electrons. The second-order valence-electron chi connectivity index (χ2n) is 5.57. The van der Waals surface area contributed by atoms with Crippen molar-refractivity contribution in [2.75, 3.05) is 13.6 Å². The van der Waals surface area contributed by atoms with Crippen molar-refractivity contribution in [1.82, 2.24) is 0 Å². The number of fused-ring (bicyclic) bond motifs is 2. The maximum absolute atomic E-state index is 12.3. The zero-order chi connectivity index (χ0) is 16.5. The van der Waals surface area contributed by atoms with E-state index < -0.39 is 0 Å². The van der Waals surface area contributed by atoms with Crippen LogP contribution in [0.25, 0.3) is 0 Å². The first-order chi connectivity index (χ1) is 11.7. The summed E-state index contributed by atoms with van der Waals surface area (Å²) in [6.45, 7) is 0.339. The normalized spacial score (nSPS) is 13.8. The predicted octanol–water partition coefficient (Wildman–Crippen LogP) is 2.53. The van der Waals surface area contributed by atoms with Crippen LogP contribution in [0, 0.1) is 0 Å². The summed E-state index contributed by atoms with van der Waals surface area (Å²) in [5.74, 6) is 2.04. The van der Waals surface area contributed by atoms with Gasteiger partial charge < -0.3 is 18.9 Å². The molecule has 0 saturated carbocycles. The van der Waals surface area contributed by atoms with Crippen molar-refractivity contribution in [3.05, 3.63) is 47.5 Å². The van der Waals surface area contributed by atoms with Crippen LogP contribution in [0.3, 0.4) is 0 Å². The van der Waals surface area contributed by atoms with Crippen molar-refractivity contribution in [1.29, 1.82) is 0 Å². The zero-order valence-corrected chi connectivity index (χ0v) is 12.7. The van der Waals surface area contributed by atoms with Crippen LogP contribution in [0.2, 0.25) is 0 Å². The Kier molecular flexibility index (Phi) is 3.57. The van der Waals surface area contributed by atoms with E-state index in [2.05, 4.69) is 0 Å². The molecule has 6 heteroatoms. The molecule has 0 bridgehead atoms. The summed E-state index contributed by atoms with van der Waals surface area (Å²) >= 11 is 0. The summed E-state index contributed by atoms with van der Waals surface area (Å²) in [5.41, 5.74) is 1.24. The third-order valence-electron chi connectivity index (χ3n) is 3.89. The molecule has 0 amide bonds. The largest absolute Gasteiger partial charge is 0.454 e. The number of benzene rings is 2. The molecule has 0 aliphatic carbocycles. The van der Waals surface area contributed by atoms with E-state index in [0.717, 1.165) is 5.56 Å². The SMILES string of the molecule is O=C(CC(=O)c1ccc2c(c1)OCO2)Cc1ccc2c(c1)OCO2. The van der Waals surface area contributed by atoms with Gasteiger partial charge in [-0.25, -0.2) is 0 Å². The van der Waals surface area contributed by atoms with E-state index in [4.69, 9.17) is 18.9 Å². The fourth-order valence-electron chi connectivity index (χ4n) is 2.69. The lowest BCUT2D eigenvalue weighted by molar-refractivity contribution is -0.117. The number of carbonyl (C=O) groups is 2.